The Kier molecular flexibility index (Phi) is 3.83. The van der Waals surface area contributed by atoms with E-state index < -0.39 is 0 Å². The highest BCUT2D eigenvalue weighted by molar-refractivity contribution is 5.61. The lowest BCUT2D eigenvalue weighted by molar-refractivity contribution is 0.397. The van der Waals surface area contributed by atoms with Crippen molar-refractivity contribution in [2.45, 2.75) is 19.5 Å². The van der Waals surface area contributed by atoms with E-state index in [2.05, 4.69) is 33.8 Å². The molecular weight excluding hydrogens is 250 g/mol. The van der Waals surface area contributed by atoms with Crippen molar-refractivity contribution in [3.63, 3.8) is 0 Å². The summed E-state index contributed by atoms with van der Waals surface area (Å²) in [7, 11) is 1.64. The molecule has 4 nitrogen and oxygen atoms in total. The summed E-state index contributed by atoms with van der Waals surface area (Å²) >= 11 is 0. The fourth-order valence-corrected chi connectivity index (χ4v) is 2.57. The first-order chi connectivity index (χ1) is 9.86. The number of hydrogen-bond acceptors (Lipinski definition) is 4. The number of hydrogen-bond donors (Lipinski definition) is 2. The molecule has 4 heteroatoms. The number of ether oxygens (including phenoxy) is 1. The minimum atomic E-state index is 0.659. The average molecular weight is 269 g/mol. The molecule has 1 aromatic heterocycles. The number of nitrogens with zero attached hydrogens (tertiary/aromatic N) is 1. The van der Waals surface area contributed by atoms with Crippen LogP contribution in [-0.2, 0) is 19.5 Å². The van der Waals surface area contributed by atoms with Crippen LogP contribution in [0, 0.1) is 0 Å². The van der Waals surface area contributed by atoms with Crippen LogP contribution in [0.1, 0.15) is 16.7 Å². The number of anilines is 1. The molecule has 0 aliphatic carbocycles. The van der Waals surface area contributed by atoms with Gasteiger partial charge in [0.25, 0.3) is 0 Å². The van der Waals surface area contributed by atoms with E-state index in [0.29, 0.717) is 5.88 Å². The van der Waals surface area contributed by atoms with Crippen LogP contribution in [0.15, 0.2) is 36.5 Å². The summed E-state index contributed by atoms with van der Waals surface area (Å²) in [6.07, 6.45) is 2.91. The van der Waals surface area contributed by atoms with E-state index in [1.807, 2.05) is 12.1 Å². The number of fused-ring (bicyclic) bond motifs is 1. The monoisotopic (exact) mass is 269 g/mol. The van der Waals surface area contributed by atoms with Gasteiger partial charge in [-0.1, -0.05) is 18.2 Å². The van der Waals surface area contributed by atoms with Crippen LogP contribution in [0.3, 0.4) is 0 Å². The third-order valence-corrected chi connectivity index (χ3v) is 3.59. The third kappa shape index (κ3) is 2.75. The zero-order valence-electron chi connectivity index (χ0n) is 11.6. The Bertz CT molecular complexity index is 598. The average Bonchev–Trinajstić information content (AvgIpc) is 2.97. The molecular formula is C16H19N3O. The second kappa shape index (κ2) is 5.92. The maximum atomic E-state index is 5.13. The van der Waals surface area contributed by atoms with E-state index in [9.17, 15) is 0 Å². The predicted molar refractivity (Wildman–Crippen MR) is 80.0 cm³/mol. The van der Waals surface area contributed by atoms with Gasteiger partial charge in [0.15, 0.2) is 0 Å². The number of para-hydroxylation sites is 1. The van der Waals surface area contributed by atoms with Crippen LogP contribution >= 0.6 is 0 Å². The maximum Gasteiger partial charge on any atom is 0.213 e. The van der Waals surface area contributed by atoms with E-state index in [4.69, 9.17) is 4.74 Å². The van der Waals surface area contributed by atoms with Crippen LogP contribution in [0.2, 0.25) is 0 Å². The van der Waals surface area contributed by atoms with Crippen LogP contribution in [0.25, 0.3) is 0 Å². The third-order valence-electron chi connectivity index (χ3n) is 3.59. The summed E-state index contributed by atoms with van der Waals surface area (Å²) in [6, 6.07) is 10.5. The first kappa shape index (κ1) is 12.9. The van der Waals surface area contributed by atoms with E-state index in [1.165, 1.54) is 22.4 Å². The zero-order chi connectivity index (χ0) is 13.8. The Balaban J connectivity index is 1.61. The summed E-state index contributed by atoms with van der Waals surface area (Å²) in [6.45, 7) is 2.72. The fourth-order valence-electron chi connectivity index (χ4n) is 2.57. The van der Waals surface area contributed by atoms with Crippen LogP contribution in [-0.4, -0.2) is 18.6 Å². The maximum absolute atomic E-state index is 5.13. The van der Waals surface area contributed by atoms with Gasteiger partial charge in [-0.3, -0.25) is 0 Å². The summed E-state index contributed by atoms with van der Waals surface area (Å²) in [5.74, 6) is 0.659. The highest BCUT2D eigenvalue weighted by Gasteiger charge is 2.12. The van der Waals surface area contributed by atoms with Gasteiger partial charge in [0.1, 0.15) is 0 Å². The Hall–Kier alpha value is -2.07. The molecule has 0 bridgehead atoms. The predicted octanol–water partition coefficient (Wildman–Crippen LogP) is 2.35. The van der Waals surface area contributed by atoms with Crippen molar-refractivity contribution in [2.24, 2.45) is 0 Å². The molecule has 0 spiro atoms. The highest BCUT2D eigenvalue weighted by Crippen LogP contribution is 2.26. The molecule has 0 fully saturated rings. The Morgan fingerprint density at radius 2 is 2.25 bits per heavy atom. The van der Waals surface area contributed by atoms with Crippen molar-refractivity contribution in [1.29, 1.82) is 0 Å². The summed E-state index contributed by atoms with van der Waals surface area (Å²) in [5, 5.41) is 6.94. The molecule has 20 heavy (non-hydrogen) atoms. The Labute approximate surface area is 119 Å². The van der Waals surface area contributed by atoms with Crippen LogP contribution in [0.4, 0.5) is 5.69 Å². The molecule has 0 atom stereocenters. The zero-order valence-corrected chi connectivity index (χ0v) is 11.6. The minimum Gasteiger partial charge on any atom is -0.481 e. The number of benzene rings is 1. The number of nitrogens with one attached hydrogen (secondary N) is 2. The number of pyridine rings is 1. The van der Waals surface area contributed by atoms with Crippen molar-refractivity contribution in [1.82, 2.24) is 10.3 Å². The summed E-state index contributed by atoms with van der Waals surface area (Å²) in [4.78, 5) is 4.11. The van der Waals surface area contributed by atoms with E-state index in [-0.39, 0.29) is 0 Å². The second-order valence-electron chi connectivity index (χ2n) is 4.94. The SMILES string of the molecule is COc1cc(CNCc2cccc3c2NCC3)ccn1. The van der Waals surface area contributed by atoms with E-state index in [0.717, 1.165) is 26.1 Å². The van der Waals surface area contributed by atoms with Crippen molar-refractivity contribution in [3.05, 3.63) is 53.2 Å². The minimum absolute atomic E-state index is 0.659. The Morgan fingerprint density at radius 1 is 1.30 bits per heavy atom. The first-order valence-electron chi connectivity index (χ1n) is 6.91. The summed E-state index contributed by atoms with van der Waals surface area (Å²) in [5.41, 5.74) is 5.25. The van der Waals surface area contributed by atoms with Crippen LogP contribution < -0.4 is 15.4 Å². The quantitative estimate of drug-likeness (QED) is 0.874. The molecule has 2 N–H and O–H groups in total. The molecule has 0 amide bonds. The second-order valence-corrected chi connectivity index (χ2v) is 4.94. The lowest BCUT2D eigenvalue weighted by Gasteiger charge is -2.10. The van der Waals surface area contributed by atoms with E-state index >= 15 is 0 Å². The van der Waals surface area contributed by atoms with Crippen molar-refractivity contribution in [2.75, 3.05) is 19.0 Å². The van der Waals surface area contributed by atoms with Crippen molar-refractivity contribution >= 4 is 5.69 Å². The van der Waals surface area contributed by atoms with Crippen molar-refractivity contribution in [3.8, 4) is 5.88 Å². The van der Waals surface area contributed by atoms with Gasteiger partial charge < -0.3 is 15.4 Å². The Morgan fingerprint density at radius 3 is 3.15 bits per heavy atom. The van der Waals surface area contributed by atoms with Gasteiger partial charge in [0.2, 0.25) is 5.88 Å². The molecule has 2 aromatic rings. The lowest BCUT2D eigenvalue weighted by Crippen LogP contribution is -2.14. The molecule has 0 saturated heterocycles. The van der Waals surface area contributed by atoms with Crippen LogP contribution in [0.5, 0.6) is 5.88 Å². The number of aromatic nitrogens is 1. The van der Waals surface area contributed by atoms with Gasteiger partial charge in [-0.05, 0) is 29.2 Å². The van der Waals surface area contributed by atoms with E-state index in [1.54, 1.807) is 13.3 Å². The molecule has 1 aliphatic rings. The molecule has 1 aliphatic heterocycles. The standard InChI is InChI=1S/C16H19N3O/c1-20-15-9-12(5-7-18-15)10-17-11-14-4-2-3-13-6-8-19-16(13)14/h2-5,7,9,17,19H,6,8,10-11H2,1H3. The topological polar surface area (TPSA) is 46.2 Å². The van der Waals surface area contributed by atoms with Gasteiger partial charge in [-0.15, -0.1) is 0 Å². The normalized spacial score (nSPS) is 12.8. The number of methoxy groups -OCH3 is 1. The fraction of sp³-hybridized carbons (Fsp3) is 0.312. The summed E-state index contributed by atoms with van der Waals surface area (Å²) < 4.78 is 5.13. The molecule has 0 radical (unpaired) electrons. The molecule has 104 valence electrons. The first-order valence-corrected chi connectivity index (χ1v) is 6.91. The number of rotatable bonds is 5. The molecule has 0 saturated carbocycles. The molecule has 0 unspecified atom stereocenters. The molecule has 3 rings (SSSR count). The lowest BCUT2D eigenvalue weighted by atomic mass is 10.1. The highest BCUT2D eigenvalue weighted by atomic mass is 16.5. The van der Waals surface area contributed by atoms with Gasteiger partial charge in [-0.25, -0.2) is 4.98 Å². The van der Waals surface area contributed by atoms with Crippen molar-refractivity contribution < 1.29 is 4.74 Å². The van der Waals surface area contributed by atoms with Gasteiger partial charge in [0, 0.05) is 37.6 Å². The van der Waals surface area contributed by atoms with Gasteiger partial charge >= 0.3 is 0 Å². The van der Waals surface area contributed by atoms with Gasteiger partial charge in [0.05, 0.1) is 7.11 Å². The smallest absolute Gasteiger partial charge is 0.213 e. The molecule has 2 heterocycles. The largest absolute Gasteiger partial charge is 0.481 e. The molecule has 1 aromatic carbocycles. The van der Waals surface area contributed by atoms with Gasteiger partial charge in [-0.2, -0.15) is 0 Å².